The molecule has 1 heterocycles. The average molecular weight is 207 g/mol. The van der Waals surface area contributed by atoms with Crippen LogP contribution in [-0.2, 0) is 4.79 Å². The molecule has 1 aliphatic rings. The van der Waals surface area contributed by atoms with Gasteiger partial charge in [0.2, 0.25) is 5.91 Å². The first-order chi connectivity index (χ1) is 7.25. The second-order valence-electron chi connectivity index (χ2n) is 3.52. The minimum Gasteiger partial charge on any atom is -0.394 e. The maximum Gasteiger partial charge on any atom is 0.239 e. The molecular formula is C9H13N5O. The maximum atomic E-state index is 11.3. The second-order valence-corrected chi connectivity index (χ2v) is 3.52. The van der Waals surface area contributed by atoms with E-state index in [0.29, 0.717) is 17.5 Å². The zero-order valence-electron chi connectivity index (χ0n) is 8.23. The third kappa shape index (κ3) is 2.80. The summed E-state index contributed by atoms with van der Waals surface area (Å²) in [4.78, 5) is 19.0. The van der Waals surface area contributed by atoms with Gasteiger partial charge in [0.1, 0.15) is 6.33 Å². The Kier molecular flexibility index (Phi) is 2.66. The molecule has 4 N–H and O–H groups in total. The van der Waals surface area contributed by atoms with Gasteiger partial charge in [-0.15, -0.1) is 0 Å². The van der Waals surface area contributed by atoms with Crippen LogP contribution in [0.1, 0.15) is 12.8 Å². The lowest BCUT2D eigenvalue weighted by molar-refractivity contribution is -0.119. The Hall–Kier alpha value is -1.85. The standard InChI is InChI=1S/C9H13N5O/c10-7-3-11-5-13-9(7)12-4-8(15)14-6-1-2-6/h3,5-6H,1-2,4,10H2,(H,14,15)(H,11,12,13). The highest BCUT2D eigenvalue weighted by atomic mass is 16.2. The lowest BCUT2D eigenvalue weighted by Gasteiger charge is -2.07. The number of anilines is 2. The van der Waals surface area contributed by atoms with E-state index in [-0.39, 0.29) is 12.5 Å². The van der Waals surface area contributed by atoms with Crippen LogP contribution in [0, 0.1) is 0 Å². The van der Waals surface area contributed by atoms with Crippen LogP contribution < -0.4 is 16.4 Å². The van der Waals surface area contributed by atoms with Gasteiger partial charge in [0.25, 0.3) is 0 Å². The molecule has 1 aromatic rings. The summed E-state index contributed by atoms with van der Waals surface area (Å²) >= 11 is 0. The Bertz CT molecular complexity index is 363. The Morgan fingerprint density at radius 3 is 3.07 bits per heavy atom. The first-order valence-electron chi connectivity index (χ1n) is 4.84. The molecule has 1 saturated carbocycles. The fraction of sp³-hybridized carbons (Fsp3) is 0.444. The predicted octanol–water partition coefficient (Wildman–Crippen LogP) is -0.251. The van der Waals surface area contributed by atoms with Gasteiger partial charge in [-0.3, -0.25) is 4.79 Å². The Morgan fingerprint density at radius 1 is 1.60 bits per heavy atom. The minimum absolute atomic E-state index is 0.0319. The molecule has 0 spiro atoms. The van der Waals surface area contributed by atoms with Crippen LogP contribution in [0.15, 0.2) is 12.5 Å². The molecule has 1 aliphatic carbocycles. The minimum atomic E-state index is -0.0319. The van der Waals surface area contributed by atoms with E-state index in [1.54, 1.807) is 0 Å². The summed E-state index contributed by atoms with van der Waals surface area (Å²) in [5, 5.41) is 5.72. The zero-order chi connectivity index (χ0) is 10.7. The summed E-state index contributed by atoms with van der Waals surface area (Å²) in [6.45, 7) is 0.192. The second kappa shape index (κ2) is 4.12. The molecule has 0 saturated heterocycles. The number of carbonyl (C=O) groups is 1. The van der Waals surface area contributed by atoms with Gasteiger partial charge in [0.15, 0.2) is 5.82 Å². The highest BCUT2D eigenvalue weighted by Crippen LogP contribution is 2.18. The number of hydrogen-bond acceptors (Lipinski definition) is 5. The van der Waals surface area contributed by atoms with Crippen LogP contribution >= 0.6 is 0 Å². The van der Waals surface area contributed by atoms with Gasteiger partial charge in [-0.25, -0.2) is 9.97 Å². The Labute approximate surface area is 87.3 Å². The van der Waals surface area contributed by atoms with Crippen molar-refractivity contribution in [1.29, 1.82) is 0 Å². The number of rotatable bonds is 4. The number of nitrogens with zero attached hydrogens (tertiary/aromatic N) is 2. The molecule has 0 aliphatic heterocycles. The van der Waals surface area contributed by atoms with Gasteiger partial charge in [0.05, 0.1) is 18.4 Å². The Balaban J connectivity index is 1.81. The van der Waals surface area contributed by atoms with Crippen molar-refractivity contribution >= 4 is 17.4 Å². The van der Waals surface area contributed by atoms with Crippen molar-refractivity contribution < 1.29 is 4.79 Å². The number of nitrogen functional groups attached to an aromatic ring is 1. The average Bonchev–Trinajstić information content (AvgIpc) is 3.00. The molecule has 1 amide bonds. The van der Waals surface area contributed by atoms with E-state index in [9.17, 15) is 4.79 Å². The lowest BCUT2D eigenvalue weighted by atomic mass is 10.4. The summed E-state index contributed by atoms with van der Waals surface area (Å²) < 4.78 is 0. The van der Waals surface area contributed by atoms with E-state index in [1.165, 1.54) is 12.5 Å². The molecule has 0 bridgehead atoms. The third-order valence-corrected chi connectivity index (χ3v) is 2.10. The highest BCUT2D eigenvalue weighted by Gasteiger charge is 2.22. The van der Waals surface area contributed by atoms with Crippen molar-refractivity contribution in [2.24, 2.45) is 0 Å². The number of nitrogens with one attached hydrogen (secondary N) is 2. The van der Waals surface area contributed by atoms with Gasteiger partial charge in [-0.05, 0) is 12.8 Å². The molecular weight excluding hydrogens is 194 g/mol. The first kappa shape index (κ1) is 9.70. The fourth-order valence-electron chi connectivity index (χ4n) is 1.16. The van der Waals surface area contributed by atoms with Crippen molar-refractivity contribution in [2.45, 2.75) is 18.9 Å². The van der Waals surface area contributed by atoms with Crippen LogP contribution in [0.25, 0.3) is 0 Å². The SMILES string of the molecule is Nc1cncnc1NCC(=O)NC1CC1. The molecule has 6 nitrogen and oxygen atoms in total. The maximum absolute atomic E-state index is 11.3. The van der Waals surface area contributed by atoms with E-state index in [4.69, 9.17) is 5.73 Å². The quantitative estimate of drug-likeness (QED) is 0.633. The lowest BCUT2D eigenvalue weighted by Crippen LogP contribution is -2.31. The number of aromatic nitrogens is 2. The van der Waals surface area contributed by atoms with Gasteiger partial charge < -0.3 is 16.4 Å². The number of nitrogens with two attached hydrogens (primary N) is 1. The monoisotopic (exact) mass is 207 g/mol. The van der Waals surface area contributed by atoms with Crippen molar-refractivity contribution in [3.8, 4) is 0 Å². The summed E-state index contributed by atoms with van der Waals surface area (Å²) in [6.07, 6.45) is 5.05. The molecule has 0 aromatic carbocycles. The van der Waals surface area contributed by atoms with E-state index in [0.717, 1.165) is 12.8 Å². The largest absolute Gasteiger partial charge is 0.394 e. The van der Waals surface area contributed by atoms with Crippen LogP contribution in [-0.4, -0.2) is 28.5 Å². The molecule has 0 unspecified atom stereocenters. The van der Waals surface area contributed by atoms with E-state index >= 15 is 0 Å². The summed E-state index contributed by atoms with van der Waals surface area (Å²) in [6, 6.07) is 0.377. The number of carbonyl (C=O) groups excluding carboxylic acids is 1. The fourth-order valence-corrected chi connectivity index (χ4v) is 1.16. The molecule has 80 valence electrons. The van der Waals surface area contributed by atoms with Crippen molar-refractivity contribution in [3.05, 3.63) is 12.5 Å². The topological polar surface area (TPSA) is 92.9 Å². The summed E-state index contributed by atoms with van der Waals surface area (Å²) in [5.74, 6) is 0.464. The summed E-state index contributed by atoms with van der Waals surface area (Å²) in [7, 11) is 0. The molecule has 1 aromatic heterocycles. The third-order valence-electron chi connectivity index (χ3n) is 2.10. The smallest absolute Gasteiger partial charge is 0.239 e. The van der Waals surface area contributed by atoms with E-state index in [2.05, 4.69) is 20.6 Å². The van der Waals surface area contributed by atoms with E-state index in [1.807, 2.05) is 0 Å². The molecule has 6 heteroatoms. The first-order valence-corrected chi connectivity index (χ1v) is 4.84. The van der Waals surface area contributed by atoms with Crippen molar-refractivity contribution in [2.75, 3.05) is 17.6 Å². The number of hydrogen-bond donors (Lipinski definition) is 3. The van der Waals surface area contributed by atoms with Gasteiger partial charge in [0, 0.05) is 6.04 Å². The molecule has 15 heavy (non-hydrogen) atoms. The van der Waals surface area contributed by atoms with E-state index < -0.39 is 0 Å². The van der Waals surface area contributed by atoms with Gasteiger partial charge in [-0.2, -0.15) is 0 Å². The number of amides is 1. The van der Waals surface area contributed by atoms with Crippen molar-refractivity contribution in [1.82, 2.24) is 15.3 Å². The molecule has 0 atom stereocenters. The zero-order valence-corrected chi connectivity index (χ0v) is 8.23. The highest BCUT2D eigenvalue weighted by molar-refractivity contribution is 5.81. The van der Waals surface area contributed by atoms with Crippen LogP contribution in [0.3, 0.4) is 0 Å². The predicted molar refractivity (Wildman–Crippen MR) is 56.1 cm³/mol. The van der Waals surface area contributed by atoms with Crippen LogP contribution in [0.2, 0.25) is 0 Å². The normalized spacial score (nSPS) is 14.7. The molecule has 1 fully saturated rings. The van der Waals surface area contributed by atoms with Crippen molar-refractivity contribution in [3.63, 3.8) is 0 Å². The summed E-state index contributed by atoms with van der Waals surface area (Å²) in [5.41, 5.74) is 6.04. The van der Waals surface area contributed by atoms with Crippen LogP contribution in [0.4, 0.5) is 11.5 Å². The Morgan fingerprint density at radius 2 is 2.40 bits per heavy atom. The van der Waals surface area contributed by atoms with Gasteiger partial charge >= 0.3 is 0 Å². The van der Waals surface area contributed by atoms with Crippen LogP contribution in [0.5, 0.6) is 0 Å². The van der Waals surface area contributed by atoms with Gasteiger partial charge in [-0.1, -0.05) is 0 Å². The molecule has 0 radical (unpaired) electrons. The molecule has 2 rings (SSSR count).